The molecule has 4 atom stereocenters. The highest BCUT2D eigenvalue weighted by Gasteiger charge is 2.59. The molecule has 3 N–H and O–H groups in total. The van der Waals surface area contributed by atoms with E-state index in [1.165, 1.54) is 43.2 Å². The van der Waals surface area contributed by atoms with Crippen molar-refractivity contribution in [1.29, 1.82) is 0 Å². The second-order valence-electron chi connectivity index (χ2n) is 8.56. The summed E-state index contributed by atoms with van der Waals surface area (Å²) in [5, 5.41) is 4.07. The molecule has 4 unspecified atom stereocenters. The molecule has 2 bridgehead atoms. The summed E-state index contributed by atoms with van der Waals surface area (Å²) in [6, 6.07) is 7.66. The third-order valence-electron chi connectivity index (χ3n) is 6.88. The number of nitrogen functional groups attached to an aromatic ring is 1. The molecule has 1 aromatic rings. The molecule has 0 aliphatic heterocycles. The number of hydrogen-bond donors (Lipinski definition) is 2. The summed E-state index contributed by atoms with van der Waals surface area (Å²) in [7, 11) is 0. The van der Waals surface area contributed by atoms with Crippen LogP contribution in [0.3, 0.4) is 0 Å². The first-order chi connectivity index (χ1) is 9.90. The Hall–Kier alpha value is -1.02. The van der Waals surface area contributed by atoms with Gasteiger partial charge in [-0.25, -0.2) is 0 Å². The van der Waals surface area contributed by atoms with Gasteiger partial charge in [-0.2, -0.15) is 0 Å². The third kappa shape index (κ3) is 1.88. The van der Waals surface area contributed by atoms with Crippen LogP contribution in [0.25, 0.3) is 0 Å². The molecule has 0 saturated heterocycles. The molecule has 2 saturated carbocycles. The van der Waals surface area contributed by atoms with E-state index < -0.39 is 0 Å². The Morgan fingerprint density at radius 2 is 2.00 bits per heavy atom. The highest BCUT2D eigenvalue weighted by molar-refractivity contribution is 5.47. The molecule has 21 heavy (non-hydrogen) atoms. The molecular formula is C19H28N2. The van der Waals surface area contributed by atoms with Gasteiger partial charge in [0.25, 0.3) is 0 Å². The van der Waals surface area contributed by atoms with Gasteiger partial charge in [0, 0.05) is 17.8 Å². The van der Waals surface area contributed by atoms with Crippen LogP contribution in [0.5, 0.6) is 0 Å². The predicted molar refractivity (Wildman–Crippen MR) is 88.1 cm³/mol. The Labute approximate surface area is 128 Å². The summed E-state index contributed by atoms with van der Waals surface area (Å²) in [5.74, 6) is 0.910. The van der Waals surface area contributed by atoms with Gasteiger partial charge in [0.15, 0.2) is 0 Å². The van der Waals surface area contributed by atoms with Gasteiger partial charge in [0.2, 0.25) is 0 Å². The zero-order valence-electron chi connectivity index (χ0n) is 13.6. The van der Waals surface area contributed by atoms with E-state index in [9.17, 15) is 0 Å². The fourth-order valence-electron chi connectivity index (χ4n) is 5.73. The maximum Gasteiger partial charge on any atom is 0.0329 e. The van der Waals surface area contributed by atoms with Gasteiger partial charge < -0.3 is 11.1 Å². The van der Waals surface area contributed by atoms with Crippen LogP contribution < -0.4 is 11.1 Å². The molecule has 1 aromatic carbocycles. The van der Waals surface area contributed by atoms with Crippen molar-refractivity contribution in [3.63, 3.8) is 0 Å². The summed E-state index contributed by atoms with van der Waals surface area (Å²) in [6.07, 6.45) is 6.65. The maximum atomic E-state index is 5.93. The van der Waals surface area contributed by atoms with Gasteiger partial charge in [-0.05, 0) is 72.1 Å². The first-order valence-corrected chi connectivity index (χ1v) is 8.54. The first kappa shape index (κ1) is 13.6. The molecule has 2 nitrogen and oxygen atoms in total. The van der Waals surface area contributed by atoms with Crippen molar-refractivity contribution in [2.45, 2.75) is 65.0 Å². The van der Waals surface area contributed by atoms with E-state index in [2.05, 4.69) is 44.3 Å². The van der Waals surface area contributed by atoms with E-state index in [-0.39, 0.29) is 0 Å². The predicted octanol–water partition coefficient (Wildman–Crippen LogP) is 4.06. The largest absolute Gasteiger partial charge is 0.399 e. The Bertz CT molecular complexity index is 572. The van der Waals surface area contributed by atoms with Gasteiger partial charge in [0.1, 0.15) is 0 Å². The lowest BCUT2D eigenvalue weighted by Crippen LogP contribution is -2.51. The Kier molecular flexibility index (Phi) is 2.76. The SMILES string of the molecule is CC12CCC(C1)C(C)(C)C2NC1CCc2cc(N)ccc21. The van der Waals surface area contributed by atoms with Crippen LogP contribution in [0.1, 0.15) is 63.6 Å². The molecular weight excluding hydrogens is 256 g/mol. The molecule has 2 fully saturated rings. The standard InChI is InChI=1S/C19H28N2/c1-18(2)13-8-9-19(3,11-13)17(18)21-16-7-4-12-10-14(20)5-6-15(12)16/h5-6,10,13,16-17,21H,4,7-9,11,20H2,1-3H3. The zero-order valence-corrected chi connectivity index (χ0v) is 13.6. The summed E-state index contributed by atoms with van der Waals surface area (Å²) in [5.41, 5.74) is 10.7. The number of benzene rings is 1. The monoisotopic (exact) mass is 284 g/mol. The van der Waals surface area contributed by atoms with Gasteiger partial charge in [-0.3, -0.25) is 0 Å². The van der Waals surface area contributed by atoms with Crippen molar-refractivity contribution in [2.75, 3.05) is 5.73 Å². The highest BCUT2D eigenvalue weighted by atomic mass is 15.0. The van der Waals surface area contributed by atoms with Crippen LogP contribution in [0.2, 0.25) is 0 Å². The van der Waals surface area contributed by atoms with Crippen molar-refractivity contribution >= 4 is 5.69 Å². The van der Waals surface area contributed by atoms with Crippen molar-refractivity contribution in [2.24, 2.45) is 16.7 Å². The number of rotatable bonds is 2. The molecule has 0 spiro atoms. The smallest absolute Gasteiger partial charge is 0.0329 e. The van der Waals surface area contributed by atoms with Crippen molar-refractivity contribution in [1.82, 2.24) is 5.32 Å². The lowest BCUT2D eigenvalue weighted by atomic mass is 9.68. The second kappa shape index (κ2) is 4.25. The minimum Gasteiger partial charge on any atom is -0.399 e. The average Bonchev–Trinajstić information content (AvgIpc) is 3.04. The van der Waals surface area contributed by atoms with Crippen LogP contribution in [0.4, 0.5) is 5.69 Å². The first-order valence-electron chi connectivity index (χ1n) is 8.54. The fraction of sp³-hybridized carbons (Fsp3) is 0.684. The number of anilines is 1. The van der Waals surface area contributed by atoms with Crippen LogP contribution in [0.15, 0.2) is 18.2 Å². The molecule has 0 radical (unpaired) electrons. The average molecular weight is 284 g/mol. The minimum absolute atomic E-state index is 0.434. The number of nitrogens with two attached hydrogens (primary N) is 1. The van der Waals surface area contributed by atoms with Crippen molar-refractivity contribution in [3.8, 4) is 0 Å². The Balaban J connectivity index is 1.61. The maximum absolute atomic E-state index is 5.93. The molecule has 3 aliphatic rings. The summed E-state index contributed by atoms with van der Waals surface area (Å²) >= 11 is 0. The Morgan fingerprint density at radius 3 is 2.71 bits per heavy atom. The van der Waals surface area contributed by atoms with E-state index in [1.54, 1.807) is 0 Å². The molecule has 2 heteroatoms. The van der Waals surface area contributed by atoms with E-state index in [4.69, 9.17) is 5.73 Å². The number of aryl methyl sites for hydroxylation is 1. The molecule has 114 valence electrons. The Morgan fingerprint density at radius 1 is 1.19 bits per heavy atom. The quantitative estimate of drug-likeness (QED) is 0.804. The van der Waals surface area contributed by atoms with E-state index in [0.29, 0.717) is 22.9 Å². The van der Waals surface area contributed by atoms with Crippen LogP contribution in [-0.4, -0.2) is 6.04 Å². The fourth-order valence-corrected chi connectivity index (χ4v) is 5.73. The number of nitrogens with one attached hydrogen (secondary N) is 1. The molecule has 3 aliphatic carbocycles. The molecule has 4 rings (SSSR count). The van der Waals surface area contributed by atoms with Crippen LogP contribution >= 0.6 is 0 Å². The molecule has 0 aromatic heterocycles. The van der Waals surface area contributed by atoms with Crippen molar-refractivity contribution < 1.29 is 0 Å². The van der Waals surface area contributed by atoms with E-state index >= 15 is 0 Å². The van der Waals surface area contributed by atoms with Gasteiger partial charge in [-0.15, -0.1) is 0 Å². The number of hydrogen-bond acceptors (Lipinski definition) is 2. The third-order valence-corrected chi connectivity index (χ3v) is 6.88. The lowest BCUT2D eigenvalue weighted by Gasteiger charge is -2.44. The molecule has 0 heterocycles. The van der Waals surface area contributed by atoms with E-state index in [0.717, 1.165) is 11.6 Å². The van der Waals surface area contributed by atoms with Crippen molar-refractivity contribution in [3.05, 3.63) is 29.3 Å². The normalized spacial score (nSPS) is 39.7. The van der Waals surface area contributed by atoms with Crippen LogP contribution in [-0.2, 0) is 6.42 Å². The lowest BCUT2D eigenvalue weighted by molar-refractivity contribution is 0.0983. The molecule has 0 amide bonds. The minimum atomic E-state index is 0.434. The second-order valence-corrected chi connectivity index (χ2v) is 8.56. The van der Waals surface area contributed by atoms with E-state index in [1.807, 2.05) is 0 Å². The van der Waals surface area contributed by atoms with Gasteiger partial charge in [0.05, 0.1) is 0 Å². The van der Waals surface area contributed by atoms with Crippen LogP contribution in [0, 0.1) is 16.7 Å². The zero-order chi connectivity index (χ0) is 14.8. The highest BCUT2D eigenvalue weighted by Crippen LogP contribution is 2.62. The summed E-state index contributed by atoms with van der Waals surface area (Å²) < 4.78 is 0. The number of fused-ring (bicyclic) bond motifs is 3. The summed E-state index contributed by atoms with van der Waals surface area (Å²) in [4.78, 5) is 0. The van der Waals surface area contributed by atoms with Gasteiger partial charge >= 0.3 is 0 Å². The van der Waals surface area contributed by atoms with Gasteiger partial charge in [-0.1, -0.05) is 26.8 Å². The summed E-state index contributed by atoms with van der Waals surface area (Å²) in [6.45, 7) is 7.48. The topological polar surface area (TPSA) is 38.0 Å².